The van der Waals surface area contributed by atoms with Gasteiger partial charge in [-0.25, -0.2) is 8.78 Å². The number of aldehydes is 1. The van der Waals surface area contributed by atoms with Gasteiger partial charge >= 0.3 is 0 Å². The van der Waals surface area contributed by atoms with E-state index in [-0.39, 0.29) is 11.5 Å². The summed E-state index contributed by atoms with van der Waals surface area (Å²) in [6.07, 6.45) is 0.361. The van der Waals surface area contributed by atoms with Gasteiger partial charge in [-0.2, -0.15) is 0 Å². The van der Waals surface area contributed by atoms with Crippen molar-refractivity contribution < 1.29 is 18.0 Å². The number of carbonyl (C=O) groups is 1. The number of rotatable bonds is 5. The van der Waals surface area contributed by atoms with E-state index in [9.17, 15) is 13.6 Å². The minimum atomic E-state index is -2.09. The van der Waals surface area contributed by atoms with Crippen molar-refractivity contribution >= 4 is 14.6 Å². The molecule has 0 spiro atoms. The molecule has 0 heterocycles. The lowest BCUT2D eigenvalue weighted by Gasteiger charge is -2.39. The largest absolute Gasteiger partial charge is 0.410 e. The first-order chi connectivity index (χ1) is 9.08. The van der Waals surface area contributed by atoms with Gasteiger partial charge in [-0.1, -0.05) is 26.8 Å². The van der Waals surface area contributed by atoms with Crippen molar-refractivity contribution in [2.45, 2.75) is 51.4 Å². The first-order valence-corrected chi connectivity index (χ1v) is 9.55. The molecule has 0 fully saturated rings. The first-order valence-electron chi connectivity index (χ1n) is 6.65. The highest BCUT2D eigenvalue weighted by atomic mass is 28.4. The Morgan fingerprint density at radius 3 is 2.30 bits per heavy atom. The molecule has 0 aliphatic carbocycles. The highest BCUT2D eigenvalue weighted by Gasteiger charge is 2.39. The summed E-state index contributed by atoms with van der Waals surface area (Å²) in [5, 5.41) is -0.0211. The molecule has 0 aliphatic rings. The van der Waals surface area contributed by atoms with E-state index in [1.807, 2.05) is 0 Å². The maximum absolute atomic E-state index is 13.3. The Bertz CT molecular complexity index is 481. The van der Waals surface area contributed by atoms with Crippen LogP contribution in [0.3, 0.4) is 0 Å². The fourth-order valence-electron chi connectivity index (χ4n) is 1.58. The van der Waals surface area contributed by atoms with E-state index in [0.29, 0.717) is 5.56 Å². The summed E-state index contributed by atoms with van der Waals surface area (Å²) >= 11 is 0. The van der Waals surface area contributed by atoms with Crippen molar-refractivity contribution in [2.75, 3.05) is 0 Å². The van der Waals surface area contributed by atoms with Crippen LogP contribution in [0.15, 0.2) is 18.2 Å². The van der Waals surface area contributed by atoms with Crippen LogP contribution in [-0.4, -0.2) is 14.6 Å². The van der Waals surface area contributed by atoms with Crippen LogP contribution in [0, 0.1) is 11.6 Å². The summed E-state index contributed by atoms with van der Waals surface area (Å²) in [4.78, 5) is 10.8. The van der Waals surface area contributed by atoms with Crippen LogP contribution in [0.25, 0.3) is 0 Å². The minimum Gasteiger partial charge on any atom is -0.410 e. The highest BCUT2D eigenvalue weighted by molar-refractivity contribution is 6.74. The van der Waals surface area contributed by atoms with E-state index in [1.54, 1.807) is 0 Å². The molecule has 0 aliphatic heterocycles. The quantitative estimate of drug-likeness (QED) is 0.586. The molecule has 0 saturated carbocycles. The van der Waals surface area contributed by atoms with E-state index < -0.39 is 26.1 Å². The van der Waals surface area contributed by atoms with Gasteiger partial charge in [0.25, 0.3) is 0 Å². The topological polar surface area (TPSA) is 26.3 Å². The molecule has 5 heteroatoms. The molecule has 1 rings (SSSR count). The van der Waals surface area contributed by atoms with Crippen LogP contribution >= 0.6 is 0 Å². The summed E-state index contributed by atoms with van der Waals surface area (Å²) in [5.74, 6) is -1.82. The Labute approximate surface area is 120 Å². The van der Waals surface area contributed by atoms with Crippen molar-refractivity contribution in [3.05, 3.63) is 35.4 Å². The Kier molecular flexibility index (Phi) is 5.21. The lowest BCUT2D eigenvalue weighted by molar-refractivity contribution is -0.109. The first kappa shape index (κ1) is 17.0. The van der Waals surface area contributed by atoms with Gasteiger partial charge in [-0.15, -0.1) is 0 Å². The third-order valence-electron chi connectivity index (χ3n) is 3.87. The van der Waals surface area contributed by atoms with E-state index in [4.69, 9.17) is 4.43 Å². The van der Waals surface area contributed by atoms with Gasteiger partial charge in [0.1, 0.15) is 6.29 Å². The Morgan fingerprint density at radius 1 is 1.25 bits per heavy atom. The zero-order valence-electron chi connectivity index (χ0n) is 12.7. The average Bonchev–Trinajstić information content (AvgIpc) is 2.30. The predicted octanol–water partition coefficient (Wildman–Crippen LogP) is 4.62. The third-order valence-corrected chi connectivity index (χ3v) is 8.35. The van der Waals surface area contributed by atoms with Crippen molar-refractivity contribution in [3.8, 4) is 0 Å². The molecule has 1 atom stereocenters. The summed E-state index contributed by atoms with van der Waals surface area (Å²) < 4.78 is 32.5. The Balaban J connectivity index is 3.06. The molecule has 0 N–H and O–H groups in total. The van der Waals surface area contributed by atoms with E-state index in [0.717, 1.165) is 18.4 Å². The molecule has 0 radical (unpaired) electrons. The summed E-state index contributed by atoms with van der Waals surface area (Å²) in [6, 6.07) is 3.65. The van der Waals surface area contributed by atoms with Gasteiger partial charge in [0.15, 0.2) is 20.0 Å². The van der Waals surface area contributed by atoms with Crippen molar-refractivity contribution in [2.24, 2.45) is 0 Å². The highest BCUT2D eigenvalue weighted by Crippen LogP contribution is 2.40. The van der Waals surface area contributed by atoms with Crippen LogP contribution in [0.4, 0.5) is 8.78 Å². The lowest BCUT2D eigenvalue weighted by atomic mass is 10.1. The van der Waals surface area contributed by atoms with Crippen LogP contribution < -0.4 is 0 Å². The SMILES string of the molecule is CC(C)(C)[Si](C)(C)OC(CC=O)c1ccc(F)c(F)c1. The van der Waals surface area contributed by atoms with Gasteiger partial charge in [0.05, 0.1) is 6.10 Å². The van der Waals surface area contributed by atoms with Crippen molar-refractivity contribution in [3.63, 3.8) is 0 Å². The summed E-state index contributed by atoms with van der Waals surface area (Å²) in [7, 11) is -2.09. The number of carbonyl (C=O) groups excluding carboxylic acids is 1. The maximum atomic E-state index is 13.3. The molecule has 0 aromatic heterocycles. The lowest BCUT2D eigenvalue weighted by Crippen LogP contribution is -2.42. The molecule has 0 saturated heterocycles. The van der Waals surface area contributed by atoms with Crippen LogP contribution in [0.5, 0.6) is 0 Å². The summed E-state index contributed by atoms with van der Waals surface area (Å²) in [6.45, 7) is 10.4. The monoisotopic (exact) mass is 300 g/mol. The van der Waals surface area contributed by atoms with Gasteiger partial charge in [0, 0.05) is 6.42 Å². The number of halogens is 2. The minimum absolute atomic E-state index is 0.0211. The predicted molar refractivity (Wildman–Crippen MR) is 78.1 cm³/mol. The third kappa shape index (κ3) is 3.96. The van der Waals surface area contributed by atoms with E-state index in [2.05, 4.69) is 33.9 Å². The molecule has 2 nitrogen and oxygen atoms in total. The van der Waals surface area contributed by atoms with Crippen LogP contribution in [-0.2, 0) is 9.22 Å². The zero-order valence-corrected chi connectivity index (χ0v) is 13.7. The molecular formula is C15H22F2O2Si. The standard InChI is InChI=1S/C15H22F2O2Si/c1-15(2,3)20(4,5)19-14(8-9-18)11-6-7-12(16)13(17)10-11/h6-7,9-10,14H,8H2,1-5H3. The van der Waals surface area contributed by atoms with E-state index >= 15 is 0 Å². The molecule has 1 aromatic rings. The van der Waals surface area contributed by atoms with Crippen LogP contribution in [0.1, 0.15) is 38.9 Å². The normalized spacial score (nSPS) is 14.2. The fraction of sp³-hybridized carbons (Fsp3) is 0.533. The molecule has 112 valence electrons. The molecular weight excluding hydrogens is 278 g/mol. The summed E-state index contributed by atoms with van der Waals surface area (Å²) in [5.41, 5.74) is 0.501. The van der Waals surface area contributed by atoms with Crippen LogP contribution in [0.2, 0.25) is 18.1 Å². The maximum Gasteiger partial charge on any atom is 0.192 e. The van der Waals surface area contributed by atoms with Gasteiger partial charge in [-0.05, 0) is 35.8 Å². The fourth-order valence-corrected chi connectivity index (χ4v) is 2.88. The molecule has 1 unspecified atom stereocenters. The Hall–Kier alpha value is -1.07. The number of hydrogen-bond donors (Lipinski definition) is 0. The second-order valence-electron chi connectivity index (χ2n) is 6.44. The second-order valence-corrected chi connectivity index (χ2v) is 11.2. The molecule has 20 heavy (non-hydrogen) atoms. The number of hydrogen-bond acceptors (Lipinski definition) is 2. The van der Waals surface area contributed by atoms with Crippen molar-refractivity contribution in [1.29, 1.82) is 0 Å². The molecule has 0 amide bonds. The van der Waals surface area contributed by atoms with Gasteiger partial charge in [0.2, 0.25) is 0 Å². The number of benzene rings is 1. The average molecular weight is 300 g/mol. The Morgan fingerprint density at radius 2 is 1.85 bits per heavy atom. The second kappa shape index (κ2) is 6.14. The van der Waals surface area contributed by atoms with Gasteiger partial charge in [-0.3, -0.25) is 0 Å². The van der Waals surface area contributed by atoms with Crippen molar-refractivity contribution in [1.82, 2.24) is 0 Å². The smallest absolute Gasteiger partial charge is 0.192 e. The van der Waals surface area contributed by atoms with Gasteiger partial charge < -0.3 is 9.22 Å². The zero-order chi connectivity index (χ0) is 15.6. The van der Waals surface area contributed by atoms with E-state index in [1.165, 1.54) is 6.07 Å². The molecule has 0 bridgehead atoms. The molecule has 1 aromatic carbocycles.